The Morgan fingerprint density at radius 3 is 2.17 bits per heavy atom. The summed E-state index contributed by atoms with van der Waals surface area (Å²) < 4.78 is 37.5. The molecule has 0 saturated heterocycles. The molecule has 0 unspecified atom stereocenters. The first kappa shape index (κ1) is 12.5. The van der Waals surface area contributed by atoms with Crippen molar-refractivity contribution in [2.24, 2.45) is 5.10 Å². The van der Waals surface area contributed by atoms with Gasteiger partial charge < -0.3 is 10.2 Å². The number of nitrogens with zero attached hydrogens (tertiary/aromatic N) is 2. The van der Waals surface area contributed by atoms with E-state index >= 15 is 0 Å². The second kappa shape index (κ2) is 3.79. The molecule has 1 aliphatic rings. The van der Waals surface area contributed by atoms with Gasteiger partial charge in [-0.05, 0) is 12.1 Å². The van der Waals surface area contributed by atoms with E-state index in [1.807, 2.05) is 0 Å². The lowest BCUT2D eigenvalue weighted by Crippen LogP contribution is -2.51. The van der Waals surface area contributed by atoms with Crippen molar-refractivity contribution >= 4 is 17.3 Å². The fraction of sp³-hybridized carbons (Fsp3) is 0.200. The monoisotopic (exact) mass is 260 g/mol. The zero-order chi connectivity index (χ0) is 13.6. The SMILES string of the molecule is O=C1N(c2ccccc2)N=C(C(F)(F)F)C1(O)O. The number of carbonyl (C=O) groups excluding carboxylic acids is 1. The maximum atomic E-state index is 12.5. The average molecular weight is 260 g/mol. The minimum atomic E-state index is -5.11. The molecule has 1 heterocycles. The van der Waals surface area contributed by atoms with Crippen LogP contribution in [0.2, 0.25) is 0 Å². The summed E-state index contributed by atoms with van der Waals surface area (Å²) in [4.78, 5) is 11.5. The van der Waals surface area contributed by atoms with Crippen molar-refractivity contribution in [2.75, 3.05) is 5.01 Å². The van der Waals surface area contributed by atoms with Crippen molar-refractivity contribution in [1.29, 1.82) is 0 Å². The summed E-state index contributed by atoms with van der Waals surface area (Å²) in [5.74, 6) is -5.23. The van der Waals surface area contributed by atoms with Gasteiger partial charge in [0.25, 0.3) is 5.79 Å². The number of rotatable bonds is 1. The van der Waals surface area contributed by atoms with Crippen LogP contribution < -0.4 is 5.01 Å². The molecule has 1 aliphatic heterocycles. The Balaban J connectivity index is 2.48. The van der Waals surface area contributed by atoms with Gasteiger partial charge in [0.15, 0.2) is 0 Å². The maximum Gasteiger partial charge on any atom is 0.437 e. The summed E-state index contributed by atoms with van der Waals surface area (Å²) >= 11 is 0. The first-order chi connectivity index (χ1) is 8.24. The van der Waals surface area contributed by atoms with E-state index in [-0.39, 0.29) is 5.69 Å². The molecule has 0 spiro atoms. The number of para-hydroxylation sites is 1. The first-order valence-electron chi connectivity index (χ1n) is 4.75. The number of hydrogen-bond donors (Lipinski definition) is 2. The van der Waals surface area contributed by atoms with E-state index in [9.17, 15) is 28.2 Å². The molecule has 18 heavy (non-hydrogen) atoms. The number of aliphatic hydroxyl groups is 2. The Morgan fingerprint density at radius 2 is 1.72 bits per heavy atom. The smallest absolute Gasteiger partial charge is 0.353 e. The number of hydrogen-bond acceptors (Lipinski definition) is 4. The number of halogens is 3. The van der Waals surface area contributed by atoms with E-state index in [1.165, 1.54) is 24.3 Å². The lowest BCUT2D eigenvalue weighted by molar-refractivity contribution is -0.164. The Labute approximate surface area is 98.8 Å². The van der Waals surface area contributed by atoms with Crippen LogP contribution in [-0.4, -0.2) is 33.8 Å². The minimum absolute atomic E-state index is 0.00854. The van der Waals surface area contributed by atoms with Crippen LogP contribution in [0.15, 0.2) is 35.4 Å². The molecule has 0 aromatic heterocycles. The van der Waals surface area contributed by atoms with Crippen molar-refractivity contribution < 1.29 is 28.2 Å². The highest BCUT2D eigenvalue weighted by atomic mass is 19.4. The van der Waals surface area contributed by atoms with Crippen LogP contribution in [0.4, 0.5) is 18.9 Å². The third kappa shape index (κ3) is 1.85. The number of benzene rings is 1. The topological polar surface area (TPSA) is 73.1 Å². The number of amides is 1. The molecule has 0 atom stereocenters. The predicted octanol–water partition coefficient (Wildman–Crippen LogP) is 0.632. The molecular weight excluding hydrogens is 253 g/mol. The van der Waals surface area contributed by atoms with Crippen molar-refractivity contribution in [3.05, 3.63) is 30.3 Å². The van der Waals surface area contributed by atoms with Crippen molar-refractivity contribution in [3.63, 3.8) is 0 Å². The standard InChI is InChI=1S/C10H7F3N2O3/c11-10(12,13)7-9(17,18)8(16)15(14-7)6-4-2-1-3-5-6/h1-5,17-18H. The van der Waals surface area contributed by atoms with Crippen LogP contribution in [0.3, 0.4) is 0 Å². The van der Waals surface area contributed by atoms with Gasteiger partial charge in [-0.2, -0.15) is 23.3 Å². The molecule has 2 rings (SSSR count). The molecule has 2 N–H and O–H groups in total. The molecule has 0 aliphatic carbocycles. The van der Waals surface area contributed by atoms with E-state index in [4.69, 9.17) is 0 Å². The fourth-order valence-corrected chi connectivity index (χ4v) is 1.46. The van der Waals surface area contributed by atoms with Gasteiger partial charge in [0, 0.05) is 0 Å². The molecule has 1 aromatic carbocycles. The number of anilines is 1. The van der Waals surface area contributed by atoms with Crippen LogP contribution in [0.5, 0.6) is 0 Å². The van der Waals surface area contributed by atoms with Gasteiger partial charge in [0.2, 0.25) is 5.71 Å². The number of carbonyl (C=O) groups is 1. The molecule has 0 radical (unpaired) electrons. The summed E-state index contributed by atoms with van der Waals surface area (Å²) in [6.07, 6.45) is -5.11. The molecule has 0 saturated carbocycles. The summed E-state index contributed by atoms with van der Waals surface area (Å²) in [5, 5.41) is 21.7. The first-order valence-corrected chi connectivity index (χ1v) is 4.75. The second-order valence-electron chi connectivity index (χ2n) is 3.57. The van der Waals surface area contributed by atoms with Crippen LogP contribution in [0.25, 0.3) is 0 Å². The third-order valence-electron chi connectivity index (χ3n) is 2.29. The molecule has 0 fully saturated rings. The Morgan fingerprint density at radius 1 is 1.17 bits per heavy atom. The second-order valence-corrected chi connectivity index (χ2v) is 3.57. The molecule has 8 heteroatoms. The Kier molecular flexibility index (Phi) is 2.63. The molecule has 1 aromatic rings. The fourth-order valence-electron chi connectivity index (χ4n) is 1.46. The highest BCUT2D eigenvalue weighted by Gasteiger charge is 2.60. The molecular formula is C10H7F3N2O3. The van der Waals surface area contributed by atoms with Crippen molar-refractivity contribution in [3.8, 4) is 0 Å². The summed E-state index contributed by atoms with van der Waals surface area (Å²) in [6, 6.07) is 7.16. The molecule has 0 bridgehead atoms. The average Bonchev–Trinajstić information content (AvgIpc) is 2.52. The lowest BCUT2D eigenvalue weighted by Gasteiger charge is -2.17. The zero-order valence-corrected chi connectivity index (χ0v) is 8.72. The van der Waals surface area contributed by atoms with Crippen molar-refractivity contribution in [1.82, 2.24) is 0 Å². The minimum Gasteiger partial charge on any atom is -0.353 e. The molecule has 5 nitrogen and oxygen atoms in total. The quantitative estimate of drug-likeness (QED) is 0.727. The highest BCUT2D eigenvalue weighted by molar-refractivity contribution is 6.22. The predicted molar refractivity (Wildman–Crippen MR) is 54.6 cm³/mol. The Bertz CT molecular complexity index is 511. The third-order valence-corrected chi connectivity index (χ3v) is 2.29. The van der Waals surface area contributed by atoms with Gasteiger partial charge in [-0.3, -0.25) is 4.79 Å². The van der Waals surface area contributed by atoms with Gasteiger partial charge in [-0.15, -0.1) is 0 Å². The van der Waals surface area contributed by atoms with E-state index in [2.05, 4.69) is 5.10 Å². The van der Waals surface area contributed by atoms with Crippen LogP contribution in [0, 0.1) is 0 Å². The van der Waals surface area contributed by atoms with Gasteiger partial charge in [0.05, 0.1) is 5.69 Å². The number of alkyl halides is 3. The van der Waals surface area contributed by atoms with Gasteiger partial charge in [0.1, 0.15) is 0 Å². The highest BCUT2D eigenvalue weighted by Crippen LogP contribution is 2.32. The van der Waals surface area contributed by atoms with E-state index < -0.39 is 23.6 Å². The normalized spacial score (nSPS) is 19.1. The van der Waals surface area contributed by atoms with Crippen LogP contribution in [0.1, 0.15) is 0 Å². The maximum absolute atomic E-state index is 12.5. The van der Waals surface area contributed by atoms with Gasteiger partial charge >= 0.3 is 12.1 Å². The zero-order valence-electron chi connectivity index (χ0n) is 8.72. The largest absolute Gasteiger partial charge is 0.437 e. The summed E-state index contributed by atoms with van der Waals surface area (Å²) in [7, 11) is 0. The van der Waals surface area contributed by atoms with E-state index in [1.54, 1.807) is 6.07 Å². The van der Waals surface area contributed by atoms with E-state index in [0.29, 0.717) is 5.01 Å². The van der Waals surface area contributed by atoms with E-state index in [0.717, 1.165) is 0 Å². The molecule has 1 amide bonds. The van der Waals surface area contributed by atoms with Crippen molar-refractivity contribution in [2.45, 2.75) is 12.0 Å². The van der Waals surface area contributed by atoms with Crippen LogP contribution >= 0.6 is 0 Å². The lowest BCUT2D eigenvalue weighted by atomic mass is 10.1. The molecule has 96 valence electrons. The van der Waals surface area contributed by atoms with Crippen LogP contribution in [-0.2, 0) is 4.79 Å². The van der Waals surface area contributed by atoms with Gasteiger partial charge in [-0.25, -0.2) is 0 Å². The summed E-state index contributed by atoms with van der Waals surface area (Å²) in [6.45, 7) is 0. The Hall–Kier alpha value is -1.93. The number of hydrazone groups is 1. The summed E-state index contributed by atoms with van der Waals surface area (Å²) in [5.41, 5.74) is -1.95. The van der Waals surface area contributed by atoms with Gasteiger partial charge in [-0.1, -0.05) is 18.2 Å².